The lowest BCUT2D eigenvalue weighted by Crippen LogP contribution is -2.46. The molecule has 31 heavy (non-hydrogen) atoms. The first-order valence-corrected chi connectivity index (χ1v) is 12.9. The Kier molecular flexibility index (Phi) is 7.34. The third kappa shape index (κ3) is 5.32. The number of piperidine rings is 1. The molecule has 2 saturated heterocycles. The second-order valence-electron chi connectivity index (χ2n) is 7.79. The SMILES string of the molecule is O=C(NCC(c1cccs1)N1CCOCC1)C1CCN(S(=O)(=O)c2cccnc2)CC1. The zero-order chi connectivity index (χ0) is 21.7. The number of hydrogen-bond acceptors (Lipinski definition) is 7. The lowest BCUT2D eigenvalue weighted by molar-refractivity contribution is -0.126. The molecule has 10 heteroatoms. The van der Waals surface area contributed by atoms with Crippen molar-refractivity contribution < 1.29 is 17.9 Å². The lowest BCUT2D eigenvalue weighted by Gasteiger charge is -2.35. The molecule has 4 heterocycles. The zero-order valence-electron chi connectivity index (χ0n) is 17.4. The average molecular weight is 465 g/mol. The van der Waals surface area contributed by atoms with Crippen LogP contribution in [0.3, 0.4) is 0 Å². The standard InChI is InChI=1S/C21H28N4O4S2/c26-21(23-16-19(20-4-2-14-30-20)24-10-12-29-13-11-24)17-5-8-25(9-6-17)31(27,28)18-3-1-7-22-15-18/h1-4,7,14-15,17,19H,5-6,8-13,16H2,(H,23,26). The summed E-state index contributed by atoms with van der Waals surface area (Å²) in [6.45, 7) is 4.35. The number of hydrogen-bond donors (Lipinski definition) is 1. The molecule has 0 radical (unpaired) electrons. The van der Waals surface area contributed by atoms with Gasteiger partial charge in [-0.3, -0.25) is 14.7 Å². The van der Waals surface area contributed by atoms with Gasteiger partial charge in [0.15, 0.2) is 0 Å². The van der Waals surface area contributed by atoms with Gasteiger partial charge in [0.2, 0.25) is 15.9 Å². The molecule has 1 N–H and O–H groups in total. The predicted molar refractivity (Wildman–Crippen MR) is 118 cm³/mol. The van der Waals surface area contributed by atoms with Gasteiger partial charge >= 0.3 is 0 Å². The van der Waals surface area contributed by atoms with E-state index < -0.39 is 10.0 Å². The molecule has 1 amide bonds. The fourth-order valence-electron chi connectivity index (χ4n) is 4.13. The quantitative estimate of drug-likeness (QED) is 0.671. The lowest BCUT2D eigenvalue weighted by atomic mass is 9.97. The number of nitrogens with zero attached hydrogens (tertiary/aromatic N) is 3. The first-order chi connectivity index (χ1) is 15.1. The molecule has 2 aromatic heterocycles. The molecule has 1 unspecified atom stereocenters. The van der Waals surface area contributed by atoms with E-state index in [9.17, 15) is 13.2 Å². The summed E-state index contributed by atoms with van der Waals surface area (Å²) in [5.41, 5.74) is 0. The van der Waals surface area contributed by atoms with Gasteiger partial charge in [0.05, 0.1) is 19.3 Å². The Hall–Kier alpha value is -1.85. The highest BCUT2D eigenvalue weighted by molar-refractivity contribution is 7.89. The maximum absolute atomic E-state index is 12.9. The largest absolute Gasteiger partial charge is 0.379 e. The summed E-state index contributed by atoms with van der Waals surface area (Å²) in [6, 6.07) is 7.45. The van der Waals surface area contributed by atoms with Crippen LogP contribution in [0.25, 0.3) is 0 Å². The Morgan fingerprint density at radius 3 is 2.61 bits per heavy atom. The number of carbonyl (C=O) groups is 1. The van der Waals surface area contributed by atoms with E-state index in [1.807, 2.05) is 6.07 Å². The molecule has 4 rings (SSSR count). The Labute approximate surface area is 187 Å². The average Bonchev–Trinajstić information content (AvgIpc) is 3.35. The molecule has 0 aromatic carbocycles. The van der Waals surface area contributed by atoms with Crippen molar-refractivity contribution in [3.63, 3.8) is 0 Å². The molecule has 2 fully saturated rings. The minimum atomic E-state index is -3.56. The van der Waals surface area contributed by atoms with Gasteiger partial charge in [0.25, 0.3) is 0 Å². The van der Waals surface area contributed by atoms with E-state index in [1.54, 1.807) is 29.7 Å². The minimum absolute atomic E-state index is 0.00763. The zero-order valence-corrected chi connectivity index (χ0v) is 19.0. The summed E-state index contributed by atoms with van der Waals surface area (Å²) in [7, 11) is -3.56. The third-order valence-corrected chi connectivity index (χ3v) is 8.78. The smallest absolute Gasteiger partial charge is 0.244 e. The van der Waals surface area contributed by atoms with Crippen LogP contribution in [-0.2, 0) is 19.6 Å². The molecule has 0 aliphatic carbocycles. The Balaban J connectivity index is 1.32. The van der Waals surface area contributed by atoms with Crippen LogP contribution in [0.4, 0.5) is 0 Å². The van der Waals surface area contributed by atoms with E-state index in [1.165, 1.54) is 15.4 Å². The fourth-order valence-corrected chi connectivity index (χ4v) is 6.42. The number of pyridine rings is 1. The number of thiophene rings is 1. The number of nitrogens with one attached hydrogen (secondary N) is 1. The van der Waals surface area contributed by atoms with E-state index in [0.29, 0.717) is 45.7 Å². The van der Waals surface area contributed by atoms with E-state index in [0.717, 1.165) is 13.1 Å². The van der Waals surface area contributed by atoms with Crippen LogP contribution < -0.4 is 5.32 Å². The van der Waals surface area contributed by atoms with Crippen LogP contribution in [0.2, 0.25) is 0 Å². The summed E-state index contributed by atoms with van der Waals surface area (Å²) in [4.78, 5) is 20.6. The normalized spacial score (nSPS) is 20.4. The first kappa shape index (κ1) is 22.3. The number of sulfonamides is 1. The third-order valence-electron chi connectivity index (χ3n) is 5.92. The van der Waals surface area contributed by atoms with Crippen LogP contribution in [0, 0.1) is 5.92 Å². The Bertz CT molecular complexity index is 939. The van der Waals surface area contributed by atoms with Crippen LogP contribution in [-0.4, -0.2) is 74.5 Å². The molecule has 2 aromatic rings. The molecule has 2 aliphatic rings. The van der Waals surface area contributed by atoms with Crippen molar-refractivity contribution in [3.05, 3.63) is 46.9 Å². The van der Waals surface area contributed by atoms with Gasteiger partial charge in [-0.25, -0.2) is 8.42 Å². The van der Waals surface area contributed by atoms with Crippen molar-refractivity contribution >= 4 is 27.3 Å². The molecule has 168 valence electrons. The molecule has 2 aliphatic heterocycles. The van der Waals surface area contributed by atoms with E-state index in [-0.39, 0.29) is 22.8 Å². The van der Waals surface area contributed by atoms with Gasteiger partial charge in [-0.2, -0.15) is 4.31 Å². The van der Waals surface area contributed by atoms with E-state index >= 15 is 0 Å². The maximum atomic E-state index is 12.9. The predicted octanol–water partition coefficient (Wildman–Crippen LogP) is 1.73. The van der Waals surface area contributed by atoms with Crippen molar-refractivity contribution in [3.8, 4) is 0 Å². The van der Waals surface area contributed by atoms with E-state index in [4.69, 9.17) is 4.74 Å². The molecule has 8 nitrogen and oxygen atoms in total. The summed E-state index contributed by atoms with van der Waals surface area (Å²) in [6.07, 6.45) is 3.96. The van der Waals surface area contributed by atoms with Gasteiger partial charge in [-0.1, -0.05) is 6.07 Å². The summed E-state index contributed by atoms with van der Waals surface area (Å²) >= 11 is 1.70. The number of amides is 1. The number of ether oxygens (including phenoxy) is 1. The van der Waals surface area contributed by atoms with Crippen molar-refractivity contribution in [2.45, 2.75) is 23.8 Å². The van der Waals surface area contributed by atoms with Gasteiger partial charge in [0.1, 0.15) is 4.90 Å². The highest BCUT2D eigenvalue weighted by atomic mass is 32.2. The van der Waals surface area contributed by atoms with Gasteiger partial charge in [-0.05, 0) is 36.4 Å². The number of rotatable bonds is 7. The summed E-state index contributed by atoms with van der Waals surface area (Å²) < 4.78 is 32.4. The van der Waals surface area contributed by atoms with Crippen molar-refractivity contribution in [1.82, 2.24) is 19.5 Å². The van der Waals surface area contributed by atoms with Crippen LogP contribution in [0.15, 0.2) is 46.9 Å². The molecule has 0 spiro atoms. The second kappa shape index (κ2) is 10.2. The highest BCUT2D eigenvalue weighted by Crippen LogP contribution is 2.27. The molecule has 1 atom stereocenters. The second-order valence-corrected chi connectivity index (χ2v) is 10.7. The Morgan fingerprint density at radius 2 is 1.97 bits per heavy atom. The highest BCUT2D eigenvalue weighted by Gasteiger charge is 2.33. The molecule has 0 bridgehead atoms. The van der Waals surface area contributed by atoms with Gasteiger partial charge in [0, 0.05) is 55.9 Å². The molecular weight excluding hydrogens is 436 g/mol. The minimum Gasteiger partial charge on any atom is -0.379 e. The molecular formula is C21H28N4O4S2. The number of carbonyl (C=O) groups excluding carboxylic acids is 1. The van der Waals surface area contributed by atoms with Crippen LogP contribution in [0.5, 0.6) is 0 Å². The van der Waals surface area contributed by atoms with Crippen molar-refractivity contribution in [2.24, 2.45) is 5.92 Å². The van der Waals surface area contributed by atoms with Gasteiger partial charge < -0.3 is 10.1 Å². The van der Waals surface area contributed by atoms with Crippen molar-refractivity contribution in [1.29, 1.82) is 0 Å². The fraction of sp³-hybridized carbons (Fsp3) is 0.524. The summed E-state index contributed by atoms with van der Waals surface area (Å²) in [5.74, 6) is -0.165. The van der Waals surface area contributed by atoms with Crippen LogP contribution >= 0.6 is 11.3 Å². The Morgan fingerprint density at radius 1 is 1.19 bits per heavy atom. The number of morpholine rings is 1. The number of aromatic nitrogens is 1. The maximum Gasteiger partial charge on any atom is 0.244 e. The topological polar surface area (TPSA) is 91.8 Å². The van der Waals surface area contributed by atoms with Crippen LogP contribution in [0.1, 0.15) is 23.8 Å². The van der Waals surface area contributed by atoms with E-state index in [2.05, 4.69) is 26.6 Å². The first-order valence-electron chi connectivity index (χ1n) is 10.6. The summed E-state index contributed by atoms with van der Waals surface area (Å²) in [5, 5.41) is 5.19. The van der Waals surface area contributed by atoms with Crippen molar-refractivity contribution in [2.75, 3.05) is 45.9 Å². The van der Waals surface area contributed by atoms with Gasteiger partial charge in [-0.15, -0.1) is 11.3 Å². The monoisotopic (exact) mass is 464 g/mol. The molecule has 0 saturated carbocycles.